The van der Waals surface area contributed by atoms with Gasteiger partial charge in [0.2, 0.25) is 0 Å². The summed E-state index contributed by atoms with van der Waals surface area (Å²) in [5.74, 6) is 0. The van der Waals surface area contributed by atoms with Crippen LogP contribution in [0.2, 0.25) is 0 Å². The maximum absolute atomic E-state index is 8.73. The molecule has 12 heavy (non-hydrogen) atoms. The van der Waals surface area contributed by atoms with Crippen molar-refractivity contribution in [3.63, 3.8) is 0 Å². The molecular formula is C9H9N3. The first-order valence-electron chi connectivity index (χ1n) is 3.93. The lowest BCUT2D eigenvalue weighted by atomic mass is 10.1. The molecule has 2 rings (SSSR count). The second-order valence-electron chi connectivity index (χ2n) is 3.08. The lowest BCUT2D eigenvalue weighted by Gasteiger charge is -1.97. The Morgan fingerprint density at radius 1 is 1.58 bits per heavy atom. The van der Waals surface area contributed by atoms with Gasteiger partial charge in [-0.3, -0.25) is 0 Å². The molecule has 0 bridgehead atoms. The van der Waals surface area contributed by atoms with Gasteiger partial charge in [0.05, 0.1) is 0 Å². The summed E-state index contributed by atoms with van der Waals surface area (Å²) >= 11 is 0. The van der Waals surface area contributed by atoms with E-state index in [0.717, 1.165) is 18.4 Å². The number of nitrogens with two attached hydrogens (primary N) is 1. The zero-order valence-electron chi connectivity index (χ0n) is 6.62. The SMILES string of the molecule is N#Cc1nccc2c1CC(N)C2. The van der Waals surface area contributed by atoms with E-state index in [2.05, 4.69) is 11.1 Å². The van der Waals surface area contributed by atoms with Crippen molar-refractivity contribution in [2.24, 2.45) is 5.73 Å². The van der Waals surface area contributed by atoms with Gasteiger partial charge in [-0.1, -0.05) is 0 Å². The molecule has 1 aliphatic rings. The van der Waals surface area contributed by atoms with Gasteiger partial charge < -0.3 is 5.73 Å². The maximum Gasteiger partial charge on any atom is 0.143 e. The number of nitriles is 1. The van der Waals surface area contributed by atoms with Crippen LogP contribution in [0.25, 0.3) is 0 Å². The molecule has 0 amide bonds. The van der Waals surface area contributed by atoms with Crippen molar-refractivity contribution >= 4 is 0 Å². The molecular weight excluding hydrogens is 150 g/mol. The molecule has 0 saturated heterocycles. The minimum atomic E-state index is 0.177. The van der Waals surface area contributed by atoms with Crippen molar-refractivity contribution in [2.75, 3.05) is 0 Å². The molecule has 0 saturated carbocycles. The Morgan fingerprint density at radius 2 is 2.42 bits per heavy atom. The lowest BCUT2D eigenvalue weighted by Crippen LogP contribution is -2.19. The van der Waals surface area contributed by atoms with Gasteiger partial charge in [0.25, 0.3) is 0 Å². The average molecular weight is 159 g/mol. The Kier molecular flexibility index (Phi) is 1.56. The second-order valence-corrected chi connectivity index (χ2v) is 3.08. The van der Waals surface area contributed by atoms with Gasteiger partial charge in [-0.15, -0.1) is 0 Å². The van der Waals surface area contributed by atoms with Crippen LogP contribution in [0.15, 0.2) is 12.3 Å². The summed E-state index contributed by atoms with van der Waals surface area (Å²) in [6.07, 6.45) is 3.36. The van der Waals surface area contributed by atoms with Crippen LogP contribution in [0.1, 0.15) is 16.8 Å². The number of hydrogen-bond acceptors (Lipinski definition) is 3. The van der Waals surface area contributed by atoms with Gasteiger partial charge in [0.1, 0.15) is 11.8 Å². The molecule has 1 unspecified atom stereocenters. The number of hydrogen-bond donors (Lipinski definition) is 1. The van der Waals surface area contributed by atoms with E-state index in [0.29, 0.717) is 5.69 Å². The first-order chi connectivity index (χ1) is 5.81. The van der Waals surface area contributed by atoms with E-state index in [1.54, 1.807) is 6.20 Å². The fourth-order valence-corrected chi connectivity index (χ4v) is 1.66. The van der Waals surface area contributed by atoms with Crippen molar-refractivity contribution in [3.05, 3.63) is 29.1 Å². The van der Waals surface area contributed by atoms with Gasteiger partial charge in [0.15, 0.2) is 0 Å². The van der Waals surface area contributed by atoms with Gasteiger partial charge >= 0.3 is 0 Å². The summed E-state index contributed by atoms with van der Waals surface area (Å²) in [6, 6.07) is 4.21. The topological polar surface area (TPSA) is 62.7 Å². The van der Waals surface area contributed by atoms with Crippen molar-refractivity contribution in [3.8, 4) is 6.07 Å². The van der Waals surface area contributed by atoms with Crippen LogP contribution in [0.3, 0.4) is 0 Å². The number of pyridine rings is 1. The van der Waals surface area contributed by atoms with E-state index in [1.165, 1.54) is 5.56 Å². The summed E-state index contributed by atoms with van der Waals surface area (Å²) in [6.45, 7) is 0. The summed E-state index contributed by atoms with van der Waals surface area (Å²) in [5.41, 5.74) is 8.55. The number of rotatable bonds is 0. The highest BCUT2D eigenvalue weighted by molar-refractivity contribution is 5.41. The van der Waals surface area contributed by atoms with Crippen LogP contribution < -0.4 is 5.73 Å². The molecule has 0 radical (unpaired) electrons. The maximum atomic E-state index is 8.73. The Bertz CT molecular complexity index is 351. The average Bonchev–Trinajstić information content (AvgIpc) is 2.44. The van der Waals surface area contributed by atoms with Crippen LogP contribution in [0, 0.1) is 11.3 Å². The Hall–Kier alpha value is -1.40. The van der Waals surface area contributed by atoms with E-state index in [1.807, 2.05) is 6.07 Å². The molecule has 3 heteroatoms. The van der Waals surface area contributed by atoms with E-state index in [-0.39, 0.29) is 6.04 Å². The second kappa shape index (κ2) is 2.58. The van der Waals surface area contributed by atoms with E-state index < -0.39 is 0 Å². The molecule has 1 aromatic rings. The van der Waals surface area contributed by atoms with Gasteiger partial charge in [-0.2, -0.15) is 5.26 Å². The van der Waals surface area contributed by atoms with E-state index in [9.17, 15) is 0 Å². The third kappa shape index (κ3) is 0.973. The fraction of sp³-hybridized carbons (Fsp3) is 0.333. The monoisotopic (exact) mass is 159 g/mol. The first kappa shape index (κ1) is 7.26. The standard InChI is InChI=1S/C9H9N3/c10-5-9-8-4-7(11)3-6(8)1-2-12-9/h1-2,7H,3-4,11H2. The first-order valence-corrected chi connectivity index (χ1v) is 3.93. The predicted molar refractivity (Wildman–Crippen MR) is 44.3 cm³/mol. The zero-order valence-corrected chi connectivity index (χ0v) is 6.62. The summed E-state index contributed by atoms with van der Waals surface area (Å²) in [7, 11) is 0. The van der Waals surface area contributed by atoms with Crippen LogP contribution in [-0.2, 0) is 12.8 Å². The molecule has 1 heterocycles. The van der Waals surface area contributed by atoms with Crippen molar-refractivity contribution in [1.82, 2.24) is 4.98 Å². The highest BCUT2D eigenvalue weighted by atomic mass is 14.7. The van der Waals surface area contributed by atoms with Crippen LogP contribution in [0.4, 0.5) is 0 Å². The van der Waals surface area contributed by atoms with Gasteiger partial charge in [-0.05, 0) is 30.0 Å². The Morgan fingerprint density at radius 3 is 3.17 bits per heavy atom. The molecule has 2 N–H and O–H groups in total. The molecule has 0 aromatic carbocycles. The zero-order chi connectivity index (χ0) is 8.55. The van der Waals surface area contributed by atoms with Crippen molar-refractivity contribution < 1.29 is 0 Å². The molecule has 1 aliphatic carbocycles. The summed E-state index contributed by atoms with van der Waals surface area (Å²) in [4.78, 5) is 3.99. The van der Waals surface area contributed by atoms with Crippen molar-refractivity contribution in [2.45, 2.75) is 18.9 Å². The quantitative estimate of drug-likeness (QED) is 0.595. The van der Waals surface area contributed by atoms with Gasteiger partial charge in [0, 0.05) is 12.2 Å². The van der Waals surface area contributed by atoms with E-state index in [4.69, 9.17) is 11.0 Å². The molecule has 0 fully saturated rings. The summed E-state index contributed by atoms with van der Waals surface area (Å²) in [5, 5.41) is 8.73. The fourth-order valence-electron chi connectivity index (χ4n) is 1.66. The minimum absolute atomic E-state index is 0.177. The van der Waals surface area contributed by atoms with Crippen molar-refractivity contribution in [1.29, 1.82) is 5.26 Å². The third-order valence-electron chi connectivity index (χ3n) is 2.21. The van der Waals surface area contributed by atoms with Crippen LogP contribution in [0.5, 0.6) is 0 Å². The largest absolute Gasteiger partial charge is 0.327 e. The molecule has 0 spiro atoms. The number of aromatic nitrogens is 1. The number of nitrogens with zero attached hydrogens (tertiary/aromatic N) is 2. The predicted octanol–water partition coefficient (Wildman–Crippen LogP) is 0.379. The summed E-state index contributed by atoms with van der Waals surface area (Å²) < 4.78 is 0. The number of fused-ring (bicyclic) bond motifs is 1. The Balaban J connectivity index is 2.53. The van der Waals surface area contributed by atoms with Crippen LogP contribution >= 0.6 is 0 Å². The minimum Gasteiger partial charge on any atom is -0.327 e. The smallest absolute Gasteiger partial charge is 0.143 e. The normalized spacial score (nSPS) is 20.2. The van der Waals surface area contributed by atoms with Crippen LogP contribution in [-0.4, -0.2) is 11.0 Å². The highest BCUT2D eigenvalue weighted by Crippen LogP contribution is 2.22. The Labute approximate surface area is 70.8 Å². The highest BCUT2D eigenvalue weighted by Gasteiger charge is 2.21. The van der Waals surface area contributed by atoms with Gasteiger partial charge in [-0.25, -0.2) is 4.98 Å². The molecule has 3 nitrogen and oxygen atoms in total. The third-order valence-corrected chi connectivity index (χ3v) is 2.21. The molecule has 60 valence electrons. The van der Waals surface area contributed by atoms with E-state index >= 15 is 0 Å². The lowest BCUT2D eigenvalue weighted by molar-refractivity contribution is 0.720. The molecule has 1 aromatic heterocycles. The molecule has 0 aliphatic heterocycles. The molecule has 1 atom stereocenters.